The van der Waals surface area contributed by atoms with Gasteiger partial charge in [-0.15, -0.1) is 0 Å². The molecule has 0 saturated heterocycles. The van der Waals surface area contributed by atoms with E-state index >= 15 is 0 Å². The maximum atomic E-state index is 12.6. The fourth-order valence-electron chi connectivity index (χ4n) is 2.59. The predicted octanol–water partition coefficient (Wildman–Crippen LogP) is 3.77. The van der Waals surface area contributed by atoms with Gasteiger partial charge in [0, 0.05) is 18.5 Å². The Kier molecular flexibility index (Phi) is 8.34. The third-order valence-electron chi connectivity index (χ3n) is 4.08. The number of benzene rings is 2. The first-order valence-electron chi connectivity index (χ1n) is 10.0. The molecular weight excluding hydrogens is 414 g/mol. The number of hydrogen-bond acceptors (Lipinski definition) is 5. The maximum absolute atomic E-state index is 12.6. The molecule has 0 bridgehead atoms. The number of aliphatic carboxylic acids is 1. The zero-order valence-electron chi connectivity index (χ0n) is 18.2. The number of carboxylic acids is 1. The second kappa shape index (κ2) is 10.9. The lowest BCUT2D eigenvalue weighted by Crippen LogP contribution is -2.27. The Morgan fingerprint density at radius 1 is 0.875 bits per heavy atom. The first-order valence-corrected chi connectivity index (χ1v) is 10.0. The molecule has 32 heavy (non-hydrogen) atoms. The molecule has 0 atom stereocenters. The predicted molar refractivity (Wildman–Crippen MR) is 119 cm³/mol. The van der Waals surface area contributed by atoms with Gasteiger partial charge in [-0.1, -0.05) is 24.3 Å². The van der Waals surface area contributed by atoms with E-state index in [1.165, 1.54) is 0 Å². The van der Waals surface area contributed by atoms with Gasteiger partial charge < -0.3 is 20.5 Å². The molecule has 0 aliphatic carbocycles. The number of carboxylic acid groups (broad SMARTS) is 1. The highest BCUT2D eigenvalue weighted by molar-refractivity contribution is 6.06. The molecule has 9 nitrogen and oxygen atoms in total. The van der Waals surface area contributed by atoms with Crippen LogP contribution in [0.15, 0.2) is 48.5 Å². The molecule has 0 saturated carbocycles. The number of para-hydroxylation sites is 2. The Labute approximate surface area is 186 Å². The third kappa shape index (κ3) is 8.47. The minimum absolute atomic E-state index is 0.0907. The summed E-state index contributed by atoms with van der Waals surface area (Å²) in [7, 11) is 0. The van der Waals surface area contributed by atoms with Crippen molar-refractivity contribution in [3.05, 3.63) is 59.7 Å². The van der Waals surface area contributed by atoms with Gasteiger partial charge >= 0.3 is 12.1 Å². The van der Waals surface area contributed by atoms with E-state index in [1.54, 1.807) is 69.3 Å². The molecular formula is C23H27N3O6. The molecule has 0 aromatic heterocycles. The van der Waals surface area contributed by atoms with Crippen molar-refractivity contribution >= 4 is 35.3 Å². The fourth-order valence-corrected chi connectivity index (χ4v) is 2.59. The summed E-state index contributed by atoms with van der Waals surface area (Å²) in [5, 5.41) is 16.6. The van der Waals surface area contributed by atoms with E-state index in [0.717, 1.165) is 5.56 Å². The largest absolute Gasteiger partial charge is 0.481 e. The van der Waals surface area contributed by atoms with Crippen LogP contribution in [0.5, 0.6) is 0 Å². The number of anilines is 2. The Bertz CT molecular complexity index is 980. The van der Waals surface area contributed by atoms with Crippen LogP contribution in [0, 0.1) is 0 Å². The van der Waals surface area contributed by atoms with Crippen molar-refractivity contribution in [1.82, 2.24) is 5.32 Å². The molecule has 0 unspecified atom stereocenters. The van der Waals surface area contributed by atoms with Gasteiger partial charge in [-0.25, -0.2) is 4.79 Å². The van der Waals surface area contributed by atoms with Crippen molar-refractivity contribution in [2.24, 2.45) is 0 Å². The second-order valence-electron chi connectivity index (χ2n) is 7.99. The summed E-state index contributed by atoms with van der Waals surface area (Å²) >= 11 is 0. The highest BCUT2D eigenvalue weighted by Crippen LogP contribution is 2.23. The van der Waals surface area contributed by atoms with Gasteiger partial charge in [0.25, 0.3) is 5.91 Å². The fraction of sp³-hybridized carbons (Fsp3) is 0.304. The van der Waals surface area contributed by atoms with E-state index in [4.69, 9.17) is 9.84 Å². The van der Waals surface area contributed by atoms with Crippen LogP contribution in [-0.4, -0.2) is 34.6 Å². The van der Waals surface area contributed by atoms with Crippen molar-refractivity contribution in [2.45, 2.75) is 45.8 Å². The summed E-state index contributed by atoms with van der Waals surface area (Å²) in [6.07, 6.45) is -0.948. The normalized spacial score (nSPS) is 10.7. The summed E-state index contributed by atoms with van der Waals surface area (Å²) in [5.41, 5.74) is 1.31. The van der Waals surface area contributed by atoms with Crippen molar-refractivity contribution in [3.8, 4) is 0 Å². The molecule has 0 radical (unpaired) electrons. The zero-order valence-corrected chi connectivity index (χ0v) is 18.2. The molecule has 0 aliphatic heterocycles. The quantitative estimate of drug-likeness (QED) is 0.493. The number of nitrogens with one attached hydrogen (secondary N) is 3. The molecule has 170 valence electrons. The molecule has 4 N–H and O–H groups in total. The van der Waals surface area contributed by atoms with E-state index in [2.05, 4.69) is 16.0 Å². The molecule has 0 fully saturated rings. The van der Waals surface area contributed by atoms with E-state index in [-0.39, 0.29) is 31.2 Å². The van der Waals surface area contributed by atoms with Crippen LogP contribution in [0.3, 0.4) is 0 Å². The van der Waals surface area contributed by atoms with Crippen molar-refractivity contribution in [2.75, 3.05) is 10.6 Å². The highest BCUT2D eigenvalue weighted by atomic mass is 16.6. The van der Waals surface area contributed by atoms with Crippen LogP contribution in [-0.2, 0) is 20.9 Å². The van der Waals surface area contributed by atoms with Gasteiger partial charge in [0.05, 0.1) is 17.8 Å². The first kappa shape index (κ1) is 24.4. The molecule has 2 aromatic carbocycles. The molecule has 0 heterocycles. The summed E-state index contributed by atoms with van der Waals surface area (Å²) in [6.45, 7) is 5.49. The molecule has 9 heteroatoms. The Hall–Kier alpha value is -3.88. The van der Waals surface area contributed by atoms with Gasteiger partial charge in [-0.05, 0) is 50.6 Å². The minimum Gasteiger partial charge on any atom is -0.481 e. The van der Waals surface area contributed by atoms with Crippen LogP contribution in [0.25, 0.3) is 0 Å². The SMILES string of the molecule is CC(C)(C)OC(=O)Nc1ccccc1NC(=O)c1ccc(CNC(=O)CCC(=O)O)cc1. The second-order valence-corrected chi connectivity index (χ2v) is 7.99. The Morgan fingerprint density at radius 2 is 1.47 bits per heavy atom. The van der Waals surface area contributed by atoms with Crippen molar-refractivity contribution < 1.29 is 29.0 Å². The average Bonchev–Trinajstić information content (AvgIpc) is 2.71. The molecule has 0 spiro atoms. The van der Waals surface area contributed by atoms with Gasteiger partial charge in [0.2, 0.25) is 5.91 Å². The number of ether oxygens (including phenoxy) is 1. The number of carbonyl (C=O) groups excluding carboxylic acids is 3. The molecule has 2 rings (SSSR count). The molecule has 2 aromatic rings. The van der Waals surface area contributed by atoms with Crippen LogP contribution >= 0.6 is 0 Å². The van der Waals surface area contributed by atoms with Gasteiger partial charge in [-0.2, -0.15) is 0 Å². The van der Waals surface area contributed by atoms with E-state index in [0.29, 0.717) is 16.9 Å². The average molecular weight is 441 g/mol. The Morgan fingerprint density at radius 3 is 2.03 bits per heavy atom. The Balaban J connectivity index is 1.96. The molecule has 3 amide bonds. The topological polar surface area (TPSA) is 134 Å². The maximum Gasteiger partial charge on any atom is 0.412 e. The lowest BCUT2D eigenvalue weighted by molar-refractivity contribution is -0.138. The highest BCUT2D eigenvalue weighted by Gasteiger charge is 2.18. The lowest BCUT2D eigenvalue weighted by atomic mass is 10.1. The first-order chi connectivity index (χ1) is 15.0. The van der Waals surface area contributed by atoms with Crippen LogP contribution < -0.4 is 16.0 Å². The van der Waals surface area contributed by atoms with Crippen LogP contribution in [0.1, 0.15) is 49.5 Å². The number of rotatable bonds is 8. The number of carbonyl (C=O) groups is 4. The zero-order chi connectivity index (χ0) is 23.7. The summed E-state index contributed by atoms with van der Waals surface area (Å²) in [5.74, 6) is -1.76. The standard InChI is InChI=1S/C23H27N3O6/c1-23(2,3)32-22(31)26-18-7-5-4-6-17(18)25-21(30)16-10-8-15(9-11-16)14-24-19(27)12-13-20(28)29/h4-11H,12-14H2,1-3H3,(H,24,27)(H,25,30)(H,26,31)(H,28,29). The van der Waals surface area contributed by atoms with Gasteiger partial charge in [-0.3, -0.25) is 19.7 Å². The third-order valence-corrected chi connectivity index (χ3v) is 4.08. The van der Waals surface area contributed by atoms with Gasteiger partial charge in [0.15, 0.2) is 0 Å². The lowest BCUT2D eigenvalue weighted by Gasteiger charge is -2.20. The van der Waals surface area contributed by atoms with E-state index < -0.39 is 17.7 Å². The smallest absolute Gasteiger partial charge is 0.412 e. The van der Waals surface area contributed by atoms with Gasteiger partial charge in [0.1, 0.15) is 5.60 Å². The minimum atomic E-state index is -1.03. The summed E-state index contributed by atoms with van der Waals surface area (Å²) in [4.78, 5) is 46.8. The summed E-state index contributed by atoms with van der Waals surface area (Å²) < 4.78 is 5.24. The number of hydrogen-bond donors (Lipinski definition) is 4. The number of amides is 3. The molecule has 0 aliphatic rings. The van der Waals surface area contributed by atoms with Crippen LogP contribution in [0.4, 0.5) is 16.2 Å². The van der Waals surface area contributed by atoms with Crippen molar-refractivity contribution in [1.29, 1.82) is 0 Å². The monoisotopic (exact) mass is 441 g/mol. The summed E-state index contributed by atoms with van der Waals surface area (Å²) in [6, 6.07) is 13.4. The van der Waals surface area contributed by atoms with Crippen molar-refractivity contribution in [3.63, 3.8) is 0 Å². The van der Waals surface area contributed by atoms with Crippen LogP contribution in [0.2, 0.25) is 0 Å². The van der Waals surface area contributed by atoms with E-state index in [1.807, 2.05) is 0 Å². The van der Waals surface area contributed by atoms with E-state index in [9.17, 15) is 19.2 Å².